The number of rotatable bonds is 7. The summed E-state index contributed by atoms with van der Waals surface area (Å²) in [5.74, 6) is -0.452. The predicted molar refractivity (Wildman–Crippen MR) is 105 cm³/mol. The van der Waals surface area contributed by atoms with Crippen LogP contribution >= 0.6 is 0 Å². The van der Waals surface area contributed by atoms with Gasteiger partial charge in [-0.15, -0.1) is 6.42 Å². The number of ether oxygens (including phenoxy) is 1. The number of carbonyl (C=O) groups is 1. The van der Waals surface area contributed by atoms with Crippen LogP contribution in [0.15, 0.2) is 29.3 Å². The minimum atomic E-state index is -4.96. The molecule has 0 fully saturated rings. The highest BCUT2D eigenvalue weighted by Crippen LogP contribution is 2.34. The third kappa shape index (κ3) is 5.84. The van der Waals surface area contributed by atoms with Gasteiger partial charge in [-0.05, 0) is 25.1 Å². The van der Waals surface area contributed by atoms with E-state index in [-0.39, 0.29) is 35.1 Å². The predicted octanol–water partition coefficient (Wildman–Crippen LogP) is 2.57. The third-order valence-electron chi connectivity index (χ3n) is 4.21. The summed E-state index contributed by atoms with van der Waals surface area (Å²) in [4.78, 5) is 12.7. The molecule has 0 bridgehead atoms. The normalized spacial score (nSPS) is 14.4. The van der Waals surface area contributed by atoms with E-state index in [1.165, 1.54) is 24.7 Å². The van der Waals surface area contributed by atoms with Crippen molar-refractivity contribution in [1.82, 2.24) is 4.57 Å². The number of nitrogens with zero attached hydrogens (tertiary/aromatic N) is 1. The number of benzene rings is 1. The average Bonchev–Trinajstić information content (AvgIpc) is 2.99. The fraction of sp³-hybridized carbons (Fsp3) is 0.316. The van der Waals surface area contributed by atoms with Crippen LogP contribution in [0.1, 0.15) is 29.4 Å². The highest BCUT2D eigenvalue weighted by atomic mass is 32.2. The summed E-state index contributed by atoms with van der Waals surface area (Å²) in [6.07, 6.45) is 1.45. The van der Waals surface area contributed by atoms with Crippen LogP contribution in [0.25, 0.3) is 0 Å². The number of aliphatic hydroxyl groups is 1. The summed E-state index contributed by atoms with van der Waals surface area (Å²) in [6.45, 7) is 1.18. The lowest BCUT2D eigenvalue weighted by Gasteiger charge is -2.17. The molecule has 0 aliphatic carbocycles. The summed E-state index contributed by atoms with van der Waals surface area (Å²) in [6, 6.07) is 1.98. The lowest BCUT2D eigenvalue weighted by atomic mass is 10.1. The molecule has 0 saturated heterocycles. The second-order valence-electron chi connectivity index (χ2n) is 6.74. The van der Waals surface area contributed by atoms with Gasteiger partial charge in [0.25, 0.3) is 5.91 Å². The Bertz CT molecular complexity index is 1060. The van der Waals surface area contributed by atoms with E-state index in [0.29, 0.717) is 12.1 Å². The first-order valence-electron chi connectivity index (χ1n) is 8.63. The molecular formula is C19H19F4N3O4S. The van der Waals surface area contributed by atoms with Gasteiger partial charge in [0.1, 0.15) is 27.3 Å². The Labute approximate surface area is 177 Å². The quantitative estimate of drug-likeness (QED) is 0.435. The molecule has 12 heteroatoms. The van der Waals surface area contributed by atoms with E-state index in [9.17, 15) is 31.7 Å². The number of halogens is 4. The fourth-order valence-electron chi connectivity index (χ4n) is 2.56. The van der Waals surface area contributed by atoms with Crippen LogP contribution in [0.4, 0.5) is 23.2 Å². The van der Waals surface area contributed by atoms with Gasteiger partial charge in [-0.1, -0.05) is 5.92 Å². The van der Waals surface area contributed by atoms with Crippen LogP contribution in [0, 0.1) is 18.2 Å². The Morgan fingerprint density at radius 3 is 2.61 bits per heavy atom. The molecule has 0 aliphatic heterocycles. The molecule has 4 N–H and O–H groups in total. The topological polar surface area (TPSA) is 107 Å². The zero-order valence-corrected chi connectivity index (χ0v) is 17.2. The summed E-state index contributed by atoms with van der Waals surface area (Å²) in [7, 11) is -0.661. The molecule has 0 spiro atoms. The van der Waals surface area contributed by atoms with Gasteiger partial charge < -0.3 is 19.7 Å². The van der Waals surface area contributed by atoms with Gasteiger partial charge in [-0.2, -0.15) is 13.2 Å². The number of anilines is 1. The summed E-state index contributed by atoms with van der Waals surface area (Å²) in [5.41, 5.74) is -3.57. The van der Waals surface area contributed by atoms with E-state index >= 15 is 0 Å². The lowest BCUT2D eigenvalue weighted by Crippen LogP contribution is -2.25. The van der Waals surface area contributed by atoms with E-state index in [1.54, 1.807) is 0 Å². The highest BCUT2D eigenvalue weighted by Gasteiger charge is 2.34. The van der Waals surface area contributed by atoms with E-state index in [4.69, 9.17) is 16.3 Å². The van der Waals surface area contributed by atoms with Gasteiger partial charge in [0.15, 0.2) is 11.4 Å². The van der Waals surface area contributed by atoms with Gasteiger partial charge >= 0.3 is 6.18 Å². The fourth-order valence-corrected chi connectivity index (χ4v) is 3.16. The van der Waals surface area contributed by atoms with Crippen molar-refractivity contribution in [2.24, 2.45) is 12.2 Å². The van der Waals surface area contributed by atoms with Crippen molar-refractivity contribution >= 4 is 22.6 Å². The first kappa shape index (κ1) is 24.4. The minimum absolute atomic E-state index is 0.0387. The Morgan fingerprint density at radius 2 is 2.06 bits per heavy atom. The molecule has 1 aromatic heterocycles. The van der Waals surface area contributed by atoms with E-state index in [1.807, 2.05) is 0 Å². The highest BCUT2D eigenvalue weighted by molar-refractivity contribution is 7.82. The van der Waals surface area contributed by atoms with Gasteiger partial charge in [0.2, 0.25) is 0 Å². The molecule has 2 unspecified atom stereocenters. The van der Waals surface area contributed by atoms with Crippen LogP contribution in [0.5, 0.6) is 5.75 Å². The van der Waals surface area contributed by atoms with E-state index < -0.39 is 40.1 Å². The number of terminal acetylenes is 1. The molecule has 31 heavy (non-hydrogen) atoms. The molecule has 7 nitrogen and oxygen atoms in total. The Balaban J connectivity index is 2.36. The van der Waals surface area contributed by atoms with Crippen molar-refractivity contribution in [2.75, 3.05) is 11.9 Å². The van der Waals surface area contributed by atoms with Gasteiger partial charge in [-0.3, -0.25) is 4.79 Å². The first-order valence-corrected chi connectivity index (χ1v) is 9.84. The van der Waals surface area contributed by atoms with Crippen molar-refractivity contribution in [3.63, 3.8) is 0 Å². The number of hydrogen-bond acceptors (Lipinski definition) is 4. The summed E-state index contributed by atoms with van der Waals surface area (Å²) >= 11 is 0. The smallest absolute Gasteiger partial charge is 0.419 e. The molecule has 0 aliphatic rings. The van der Waals surface area contributed by atoms with Crippen LogP contribution in [0.3, 0.4) is 0 Å². The molecule has 2 rings (SSSR count). The summed E-state index contributed by atoms with van der Waals surface area (Å²) in [5, 5.41) is 17.5. The lowest BCUT2D eigenvalue weighted by molar-refractivity contribution is -0.139. The van der Waals surface area contributed by atoms with Crippen molar-refractivity contribution in [2.45, 2.75) is 30.0 Å². The molecular weight excluding hydrogens is 442 g/mol. The van der Waals surface area contributed by atoms with Crippen LogP contribution in [-0.4, -0.2) is 32.0 Å². The monoisotopic (exact) mass is 461 g/mol. The number of hydrogen-bond donors (Lipinski definition) is 3. The Kier molecular flexibility index (Phi) is 7.15. The van der Waals surface area contributed by atoms with Crippen LogP contribution in [0.2, 0.25) is 0 Å². The maximum Gasteiger partial charge on any atom is 0.419 e. The van der Waals surface area contributed by atoms with Gasteiger partial charge in [0, 0.05) is 25.4 Å². The number of aromatic nitrogens is 1. The molecule has 1 amide bonds. The maximum absolute atomic E-state index is 13.5. The Hall–Kier alpha value is -2.88. The van der Waals surface area contributed by atoms with E-state index in [2.05, 4.69) is 11.2 Å². The zero-order chi connectivity index (χ0) is 23.6. The Morgan fingerprint density at radius 1 is 1.42 bits per heavy atom. The molecule has 168 valence electrons. The van der Waals surface area contributed by atoms with Gasteiger partial charge in [-0.25, -0.2) is 13.7 Å². The number of carbonyl (C=O) groups excluding carboxylic acids is 1. The second-order valence-corrected chi connectivity index (χ2v) is 7.78. The van der Waals surface area contributed by atoms with Crippen molar-refractivity contribution in [3.8, 4) is 18.1 Å². The SMILES string of the molecule is C#CC(C)(O)CCOc1c(S(N)=O)cn(C)c1C(=O)Nc1ccc(F)c(C(F)(F)F)c1. The molecule has 0 radical (unpaired) electrons. The van der Waals surface area contributed by atoms with Crippen molar-refractivity contribution < 1.29 is 36.4 Å². The van der Waals surface area contributed by atoms with Crippen molar-refractivity contribution in [1.29, 1.82) is 0 Å². The van der Waals surface area contributed by atoms with Gasteiger partial charge in [0.05, 0.1) is 12.2 Å². The third-order valence-corrected chi connectivity index (χ3v) is 4.93. The number of aryl methyl sites for hydroxylation is 1. The molecule has 1 aromatic carbocycles. The van der Waals surface area contributed by atoms with E-state index in [0.717, 1.165) is 6.07 Å². The molecule has 2 aromatic rings. The number of nitrogens with one attached hydrogen (secondary N) is 1. The molecule has 0 saturated carbocycles. The van der Waals surface area contributed by atoms with Crippen LogP contribution < -0.4 is 15.2 Å². The standard InChI is InChI=1S/C19H19F4N3O4S/c1-4-18(2,28)7-8-30-16-14(31(24)29)10-26(3)15(16)17(27)25-11-5-6-13(20)12(9-11)19(21,22)23/h1,5-6,9-10,28H,7-8,24H2,2-3H3,(H,25,27). The number of amides is 1. The maximum atomic E-state index is 13.5. The zero-order valence-electron chi connectivity index (χ0n) is 16.4. The average molecular weight is 461 g/mol. The van der Waals surface area contributed by atoms with Crippen molar-refractivity contribution in [3.05, 3.63) is 41.5 Å². The second kappa shape index (κ2) is 9.09. The summed E-state index contributed by atoms with van der Waals surface area (Å²) < 4.78 is 70.8. The molecule has 1 heterocycles. The first-order chi connectivity index (χ1) is 14.3. The number of alkyl halides is 3. The number of nitrogens with two attached hydrogens (primary N) is 1. The molecule has 2 atom stereocenters. The van der Waals surface area contributed by atoms with Crippen LogP contribution in [-0.2, 0) is 24.2 Å². The minimum Gasteiger partial charge on any atom is -0.490 e. The largest absolute Gasteiger partial charge is 0.490 e.